The Hall–Kier alpha value is -5.12. The van der Waals surface area contributed by atoms with Gasteiger partial charge in [-0.1, -0.05) is 0 Å². The summed E-state index contributed by atoms with van der Waals surface area (Å²) in [6.45, 7) is 0.394. The number of aromatic nitrogens is 4. The van der Waals surface area contributed by atoms with E-state index in [1.807, 2.05) is 0 Å². The zero-order valence-electron chi connectivity index (χ0n) is 20.6. The maximum absolute atomic E-state index is 12.6. The van der Waals surface area contributed by atoms with Crippen molar-refractivity contribution in [2.45, 2.75) is 38.3 Å². The van der Waals surface area contributed by atoms with E-state index in [-0.39, 0.29) is 55.0 Å². The van der Waals surface area contributed by atoms with Crippen molar-refractivity contribution in [3.05, 3.63) is 52.1 Å². The van der Waals surface area contributed by atoms with Gasteiger partial charge in [-0.2, -0.15) is 4.98 Å². The number of hydrogen-bond donors (Lipinski definition) is 8. The number of nitrogens with zero attached hydrogens (tertiary/aromatic N) is 3. The highest BCUT2D eigenvalue weighted by Crippen LogP contribution is 2.12. The van der Waals surface area contributed by atoms with Gasteiger partial charge in [0.2, 0.25) is 17.8 Å². The average molecular weight is 542 g/mol. The van der Waals surface area contributed by atoms with Crippen LogP contribution in [0.1, 0.15) is 41.7 Å². The van der Waals surface area contributed by atoms with Gasteiger partial charge in [0.1, 0.15) is 6.04 Å². The fourth-order valence-corrected chi connectivity index (χ4v) is 3.38. The van der Waals surface area contributed by atoms with Crippen molar-refractivity contribution < 1.29 is 29.5 Å². The van der Waals surface area contributed by atoms with Crippen LogP contribution in [-0.4, -0.2) is 66.5 Å². The highest BCUT2D eigenvalue weighted by Gasteiger charge is 2.21. The van der Waals surface area contributed by atoms with Crippen molar-refractivity contribution in [2.24, 2.45) is 0 Å². The zero-order chi connectivity index (χ0) is 28.4. The van der Waals surface area contributed by atoms with Crippen LogP contribution in [0.4, 0.5) is 11.6 Å². The van der Waals surface area contributed by atoms with Crippen LogP contribution in [0.25, 0.3) is 11.2 Å². The molecule has 1 aromatic carbocycles. The summed E-state index contributed by atoms with van der Waals surface area (Å²) in [5, 5.41) is 25.9. The van der Waals surface area contributed by atoms with Gasteiger partial charge in [0.25, 0.3) is 11.5 Å². The molecule has 0 fully saturated rings. The number of carbonyl (C=O) groups is 4. The first kappa shape index (κ1) is 28.5. The second kappa shape index (κ2) is 13.4. The fourth-order valence-electron chi connectivity index (χ4n) is 3.38. The first-order chi connectivity index (χ1) is 18.7. The number of carboxylic acids is 1. The summed E-state index contributed by atoms with van der Waals surface area (Å²) in [6, 6.07) is 4.92. The maximum Gasteiger partial charge on any atom is 0.326 e. The normalized spacial score (nSPS) is 11.4. The molecule has 0 saturated heterocycles. The number of nitrogens with one attached hydrogen (secondary N) is 5. The van der Waals surface area contributed by atoms with Crippen LogP contribution < -0.4 is 32.7 Å². The Bertz CT molecular complexity index is 1410. The predicted octanol–water partition coefficient (Wildman–Crippen LogP) is -0.728. The van der Waals surface area contributed by atoms with E-state index in [2.05, 4.69) is 35.9 Å². The van der Waals surface area contributed by atoms with E-state index in [1.165, 1.54) is 23.8 Å². The van der Waals surface area contributed by atoms with Crippen LogP contribution in [0.5, 0.6) is 0 Å². The zero-order valence-corrected chi connectivity index (χ0v) is 20.6. The van der Waals surface area contributed by atoms with Crippen LogP contribution in [0.3, 0.4) is 0 Å². The Morgan fingerprint density at radius 1 is 1.05 bits per heavy atom. The van der Waals surface area contributed by atoms with Gasteiger partial charge in [0.15, 0.2) is 11.2 Å². The van der Waals surface area contributed by atoms with Gasteiger partial charge in [-0.25, -0.2) is 20.2 Å². The second-order valence-electron chi connectivity index (χ2n) is 8.31. The van der Waals surface area contributed by atoms with E-state index in [0.717, 1.165) is 0 Å². The predicted molar refractivity (Wildman–Crippen MR) is 136 cm³/mol. The van der Waals surface area contributed by atoms with E-state index < -0.39 is 35.3 Å². The number of benzene rings is 1. The van der Waals surface area contributed by atoms with Gasteiger partial charge in [-0.15, -0.1) is 0 Å². The van der Waals surface area contributed by atoms with Crippen LogP contribution in [0, 0.1) is 0 Å². The van der Waals surface area contributed by atoms with Crippen LogP contribution in [0.2, 0.25) is 0 Å². The molecule has 3 rings (SSSR count). The summed E-state index contributed by atoms with van der Waals surface area (Å²) >= 11 is 0. The third-order valence-corrected chi connectivity index (χ3v) is 5.40. The third kappa shape index (κ3) is 8.46. The minimum Gasteiger partial charge on any atom is -0.480 e. The van der Waals surface area contributed by atoms with Crippen molar-refractivity contribution >= 4 is 46.5 Å². The molecule has 2 aromatic heterocycles. The quantitative estimate of drug-likeness (QED) is 0.0757. The highest BCUT2D eigenvalue weighted by atomic mass is 16.5. The van der Waals surface area contributed by atoms with E-state index in [4.69, 9.17) is 10.9 Å². The highest BCUT2D eigenvalue weighted by molar-refractivity contribution is 5.97. The molecule has 0 bridgehead atoms. The Morgan fingerprint density at radius 3 is 2.49 bits per heavy atom. The molecular weight excluding hydrogens is 514 g/mol. The standard InChI is InChI=1S/C23H27N9O7/c24-23-30-19-18(21(36)31-23)28-14(11-27-19)10-26-13-5-3-12(4-6-13)20(35)29-15(22(37)38)7-8-16(33)25-9-1-2-17(34)32-39/h3-6,11,15,26,39H,1-2,7-10H2,(H,25,33)(H,29,35)(H,32,34)(H,37,38)(H3,24,27,30,31,36)/t15-/m0/s1. The van der Waals surface area contributed by atoms with Crippen LogP contribution in [0.15, 0.2) is 35.3 Å². The van der Waals surface area contributed by atoms with Crippen molar-refractivity contribution in [3.63, 3.8) is 0 Å². The number of aromatic amines is 1. The SMILES string of the molecule is Nc1nc2ncc(CNc3ccc(C(=O)N[C@@H](CCC(=O)NCCCC(=O)NO)C(=O)O)cc3)nc2c(=O)[nH]1. The minimum absolute atomic E-state index is 0.0191. The molecular formula is C23H27N9O7. The third-order valence-electron chi connectivity index (χ3n) is 5.40. The van der Waals surface area contributed by atoms with E-state index in [1.54, 1.807) is 12.1 Å². The van der Waals surface area contributed by atoms with E-state index in [9.17, 15) is 29.1 Å². The number of amides is 3. The molecule has 1 atom stereocenters. The summed E-state index contributed by atoms with van der Waals surface area (Å²) in [7, 11) is 0. The number of carbonyl (C=O) groups excluding carboxylic acids is 3. The molecule has 2 heterocycles. The number of nitrogen functional groups attached to an aromatic ring is 1. The Balaban J connectivity index is 1.49. The smallest absolute Gasteiger partial charge is 0.326 e. The number of aliphatic carboxylic acids is 1. The molecule has 3 amide bonds. The summed E-state index contributed by atoms with van der Waals surface area (Å²) in [4.78, 5) is 73.6. The van der Waals surface area contributed by atoms with Crippen LogP contribution >= 0.6 is 0 Å². The van der Waals surface area contributed by atoms with Crippen LogP contribution in [-0.2, 0) is 20.9 Å². The number of nitrogens with two attached hydrogens (primary N) is 1. The van der Waals surface area contributed by atoms with Crippen molar-refractivity contribution in [3.8, 4) is 0 Å². The van der Waals surface area contributed by atoms with E-state index in [0.29, 0.717) is 17.8 Å². The lowest BCUT2D eigenvalue weighted by atomic mass is 10.1. The Kier molecular flexibility index (Phi) is 9.80. The van der Waals surface area contributed by atoms with Gasteiger partial charge >= 0.3 is 5.97 Å². The van der Waals surface area contributed by atoms with Crippen molar-refractivity contribution in [1.29, 1.82) is 0 Å². The molecule has 0 radical (unpaired) electrons. The number of hydrogen-bond acceptors (Lipinski definition) is 11. The maximum atomic E-state index is 12.6. The molecule has 16 heteroatoms. The number of fused-ring (bicyclic) bond motifs is 1. The number of H-pyrrole nitrogens is 1. The number of rotatable bonds is 13. The number of hydroxylamine groups is 1. The van der Waals surface area contributed by atoms with Gasteiger partial charge in [0.05, 0.1) is 18.4 Å². The molecule has 0 unspecified atom stereocenters. The number of carboxylic acid groups (broad SMARTS) is 1. The monoisotopic (exact) mass is 541 g/mol. The van der Waals surface area contributed by atoms with Gasteiger partial charge in [0, 0.05) is 30.6 Å². The molecule has 3 aromatic rings. The molecule has 206 valence electrons. The first-order valence-corrected chi connectivity index (χ1v) is 11.7. The molecule has 0 spiro atoms. The minimum atomic E-state index is -1.29. The van der Waals surface area contributed by atoms with Gasteiger partial charge in [-0.3, -0.25) is 29.4 Å². The second-order valence-corrected chi connectivity index (χ2v) is 8.31. The van der Waals surface area contributed by atoms with Gasteiger partial charge in [-0.05, 0) is 37.1 Å². The average Bonchev–Trinajstić information content (AvgIpc) is 2.92. The molecule has 9 N–H and O–H groups in total. The lowest BCUT2D eigenvalue weighted by Gasteiger charge is -2.15. The molecule has 0 aliphatic heterocycles. The number of anilines is 2. The summed E-state index contributed by atoms with van der Waals surface area (Å²) in [6.07, 6.45) is 1.47. The fraction of sp³-hybridized carbons (Fsp3) is 0.304. The summed E-state index contributed by atoms with van der Waals surface area (Å²) in [5.74, 6) is -2.99. The molecule has 0 aliphatic rings. The van der Waals surface area contributed by atoms with Crippen molar-refractivity contribution in [2.75, 3.05) is 17.6 Å². The van der Waals surface area contributed by atoms with E-state index >= 15 is 0 Å². The topological polar surface area (TPSA) is 254 Å². The molecule has 39 heavy (non-hydrogen) atoms. The molecule has 16 nitrogen and oxygen atoms in total. The Labute approximate surface area is 220 Å². The van der Waals surface area contributed by atoms with Gasteiger partial charge < -0.3 is 26.8 Å². The van der Waals surface area contributed by atoms with Crippen molar-refractivity contribution in [1.82, 2.24) is 36.0 Å². The molecule has 0 saturated carbocycles. The summed E-state index contributed by atoms with van der Waals surface area (Å²) in [5.41, 5.74) is 7.94. The Morgan fingerprint density at radius 2 is 1.79 bits per heavy atom. The largest absolute Gasteiger partial charge is 0.480 e. The molecule has 0 aliphatic carbocycles. The first-order valence-electron chi connectivity index (χ1n) is 11.7. The lowest BCUT2D eigenvalue weighted by Crippen LogP contribution is -2.41. The lowest BCUT2D eigenvalue weighted by molar-refractivity contribution is -0.139. The summed E-state index contributed by atoms with van der Waals surface area (Å²) < 4.78 is 0.